The van der Waals surface area contributed by atoms with E-state index < -0.39 is 0 Å². The molecule has 0 bridgehead atoms. The molecular formula is C45H27N5O. The average molecular weight is 654 g/mol. The number of benzene rings is 7. The zero-order valence-electron chi connectivity index (χ0n) is 27.2. The van der Waals surface area contributed by atoms with Gasteiger partial charge in [-0.15, -0.1) is 0 Å². The van der Waals surface area contributed by atoms with Crippen LogP contribution >= 0.6 is 0 Å². The van der Waals surface area contributed by atoms with Crippen LogP contribution in [0.3, 0.4) is 0 Å². The fraction of sp³-hybridized carbons (Fsp3) is 0. The van der Waals surface area contributed by atoms with Gasteiger partial charge in [0.1, 0.15) is 11.2 Å². The van der Waals surface area contributed by atoms with Gasteiger partial charge in [0.2, 0.25) is 5.95 Å². The van der Waals surface area contributed by atoms with E-state index in [1.165, 1.54) is 10.9 Å². The molecule has 0 aliphatic heterocycles. The van der Waals surface area contributed by atoms with Crippen LogP contribution in [-0.2, 0) is 0 Å². The maximum absolute atomic E-state index is 6.63. The minimum atomic E-state index is 0.567. The number of para-hydroxylation sites is 4. The van der Waals surface area contributed by atoms with Gasteiger partial charge in [0.25, 0.3) is 0 Å². The predicted octanol–water partition coefficient (Wildman–Crippen LogP) is 11.3. The van der Waals surface area contributed by atoms with E-state index in [0.29, 0.717) is 17.6 Å². The fourth-order valence-electron chi connectivity index (χ4n) is 7.68. The van der Waals surface area contributed by atoms with Gasteiger partial charge in [-0.05, 0) is 54.6 Å². The minimum absolute atomic E-state index is 0.567. The summed E-state index contributed by atoms with van der Waals surface area (Å²) in [5.74, 6) is 1.75. The van der Waals surface area contributed by atoms with Gasteiger partial charge < -0.3 is 8.98 Å². The van der Waals surface area contributed by atoms with E-state index in [0.717, 1.165) is 71.5 Å². The molecule has 0 unspecified atom stereocenters. The topological polar surface area (TPSA) is 61.7 Å². The molecule has 0 radical (unpaired) electrons. The standard InChI is InChI=1S/C45H27N5O/c1-3-13-28(14-4-1)43-46-44(48-45(47-43)50-38-21-11-7-17-31(38)32-18-8-12-22-39(32)50)29-23-24-34-36-26-40-35(27-42(36)51-41(34)25-29)33-19-9-10-20-37(33)49(40)30-15-5-2-6-16-30/h1-27H. The van der Waals surface area contributed by atoms with Gasteiger partial charge in [-0.3, -0.25) is 4.57 Å². The Morgan fingerprint density at radius 3 is 1.59 bits per heavy atom. The normalized spacial score (nSPS) is 11.9. The van der Waals surface area contributed by atoms with Crippen molar-refractivity contribution in [2.45, 2.75) is 0 Å². The zero-order chi connectivity index (χ0) is 33.5. The SMILES string of the molecule is c1ccc(-c2nc(-c3ccc4c(c3)oc3cc5c6ccccc6n(-c6ccccc6)c5cc34)nc(-n3c4ccccc4c4ccccc43)n2)cc1. The highest BCUT2D eigenvalue weighted by Crippen LogP contribution is 2.39. The Bertz CT molecular complexity index is 3080. The predicted molar refractivity (Wildman–Crippen MR) is 207 cm³/mol. The van der Waals surface area contributed by atoms with Gasteiger partial charge in [-0.1, -0.05) is 109 Å². The third kappa shape index (κ3) is 4.20. The lowest BCUT2D eigenvalue weighted by Crippen LogP contribution is -2.06. The van der Waals surface area contributed by atoms with Crippen LogP contribution in [0.25, 0.3) is 100.0 Å². The molecule has 4 aromatic heterocycles. The van der Waals surface area contributed by atoms with Crippen LogP contribution in [0.5, 0.6) is 0 Å². The Labute approximate surface area is 291 Å². The Morgan fingerprint density at radius 2 is 0.902 bits per heavy atom. The molecule has 0 amide bonds. The molecule has 11 aromatic rings. The molecule has 6 nitrogen and oxygen atoms in total. The summed E-state index contributed by atoms with van der Waals surface area (Å²) in [6.07, 6.45) is 0. The molecule has 0 aliphatic carbocycles. The lowest BCUT2D eigenvalue weighted by atomic mass is 10.1. The number of nitrogens with zero attached hydrogens (tertiary/aromatic N) is 5. The van der Waals surface area contributed by atoms with Crippen LogP contribution in [-0.4, -0.2) is 24.1 Å². The summed E-state index contributed by atoms with van der Waals surface area (Å²) in [5, 5.41) is 6.76. The van der Waals surface area contributed by atoms with Crippen molar-refractivity contribution in [1.82, 2.24) is 24.1 Å². The first kappa shape index (κ1) is 27.9. The highest BCUT2D eigenvalue weighted by molar-refractivity contribution is 6.17. The van der Waals surface area contributed by atoms with Crippen molar-refractivity contribution in [3.05, 3.63) is 164 Å². The molecule has 4 heterocycles. The van der Waals surface area contributed by atoms with E-state index in [4.69, 9.17) is 19.4 Å². The van der Waals surface area contributed by atoms with Gasteiger partial charge in [-0.2, -0.15) is 9.97 Å². The molecule has 0 saturated carbocycles. The second kappa shape index (κ2) is 10.7. The van der Waals surface area contributed by atoms with Crippen molar-refractivity contribution in [2.75, 3.05) is 0 Å². The second-order valence-corrected chi connectivity index (χ2v) is 12.9. The van der Waals surface area contributed by atoms with Crippen molar-refractivity contribution in [3.8, 4) is 34.4 Å². The van der Waals surface area contributed by atoms with Crippen LogP contribution < -0.4 is 0 Å². The Morgan fingerprint density at radius 1 is 0.353 bits per heavy atom. The first-order chi connectivity index (χ1) is 25.3. The summed E-state index contributed by atoms with van der Waals surface area (Å²) in [6, 6.07) is 56.7. The van der Waals surface area contributed by atoms with Crippen LogP contribution in [0.2, 0.25) is 0 Å². The van der Waals surface area contributed by atoms with E-state index in [-0.39, 0.29) is 0 Å². The van der Waals surface area contributed by atoms with E-state index in [2.05, 4.69) is 143 Å². The molecule has 6 heteroatoms. The zero-order valence-corrected chi connectivity index (χ0v) is 27.2. The van der Waals surface area contributed by atoms with Crippen LogP contribution in [0, 0.1) is 0 Å². The molecule has 0 N–H and O–H groups in total. The molecule has 0 atom stereocenters. The Balaban J connectivity index is 1.13. The lowest BCUT2D eigenvalue weighted by molar-refractivity contribution is 0.669. The van der Waals surface area contributed by atoms with Crippen LogP contribution in [0.1, 0.15) is 0 Å². The largest absolute Gasteiger partial charge is 0.456 e. The van der Waals surface area contributed by atoms with Crippen LogP contribution in [0.15, 0.2) is 168 Å². The minimum Gasteiger partial charge on any atom is -0.456 e. The van der Waals surface area contributed by atoms with Gasteiger partial charge in [0.15, 0.2) is 11.6 Å². The number of rotatable bonds is 4. The molecule has 0 fully saturated rings. The van der Waals surface area contributed by atoms with Gasteiger partial charge in [-0.25, -0.2) is 4.98 Å². The van der Waals surface area contributed by atoms with E-state index in [1.807, 2.05) is 30.3 Å². The van der Waals surface area contributed by atoms with Crippen LogP contribution in [0.4, 0.5) is 0 Å². The third-order valence-electron chi connectivity index (χ3n) is 9.97. The molecule has 238 valence electrons. The van der Waals surface area contributed by atoms with Crippen molar-refractivity contribution in [3.63, 3.8) is 0 Å². The summed E-state index contributed by atoms with van der Waals surface area (Å²) in [6.45, 7) is 0. The first-order valence-corrected chi connectivity index (χ1v) is 17.0. The first-order valence-electron chi connectivity index (χ1n) is 17.0. The average Bonchev–Trinajstić information content (AvgIpc) is 3.84. The summed E-state index contributed by atoms with van der Waals surface area (Å²) in [4.78, 5) is 15.3. The van der Waals surface area contributed by atoms with E-state index >= 15 is 0 Å². The number of fused-ring (bicyclic) bond motifs is 9. The summed E-state index contributed by atoms with van der Waals surface area (Å²) in [7, 11) is 0. The fourth-order valence-corrected chi connectivity index (χ4v) is 7.68. The molecule has 0 spiro atoms. The summed E-state index contributed by atoms with van der Waals surface area (Å²) >= 11 is 0. The lowest BCUT2D eigenvalue weighted by Gasteiger charge is -2.10. The molecule has 7 aromatic carbocycles. The molecule has 11 rings (SSSR count). The Kier molecular flexibility index (Phi) is 5.86. The highest BCUT2D eigenvalue weighted by Gasteiger charge is 2.20. The Hall–Kier alpha value is -7.05. The second-order valence-electron chi connectivity index (χ2n) is 12.9. The maximum Gasteiger partial charge on any atom is 0.238 e. The van der Waals surface area contributed by atoms with Gasteiger partial charge in [0.05, 0.1) is 22.1 Å². The van der Waals surface area contributed by atoms with Crippen molar-refractivity contribution >= 4 is 65.6 Å². The maximum atomic E-state index is 6.63. The number of furan rings is 1. The third-order valence-corrected chi connectivity index (χ3v) is 9.97. The van der Waals surface area contributed by atoms with E-state index in [1.54, 1.807) is 0 Å². The number of hydrogen-bond donors (Lipinski definition) is 0. The summed E-state index contributed by atoms with van der Waals surface area (Å²) in [5.41, 5.74) is 8.93. The number of aromatic nitrogens is 5. The smallest absolute Gasteiger partial charge is 0.238 e. The van der Waals surface area contributed by atoms with Gasteiger partial charge >= 0.3 is 0 Å². The van der Waals surface area contributed by atoms with Crippen molar-refractivity contribution in [1.29, 1.82) is 0 Å². The van der Waals surface area contributed by atoms with Crippen molar-refractivity contribution in [2.24, 2.45) is 0 Å². The molecule has 0 aliphatic rings. The molecule has 51 heavy (non-hydrogen) atoms. The number of hydrogen-bond acceptors (Lipinski definition) is 4. The van der Waals surface area contributed by atoms with Gasteiger partial charge in [0, 0.05) is 49.1 Å². The molecular weight excluding hydrogens is 627 g/mol. The highest BCUT2D eigenvalue weighted by atomic mass is 16.3. The quantitative estimate of drug-likeness (QED) is 0.190. The van der Waals surface area contributed by atoms with Crippen molar-refractivity contribution < 1.29 is 4.42 Å². The molecule has 0 saturated heterocycles. The summed E-state index contributed by atoms with van der Waals surface area (Å²) < 4.78 is 11.1. The van der Waals surface area contributed by atoms with E-state index in [9.17, 15) is 0 Å². The monoisotopic (exact) mass is 653 g/mol.